The van der Waals surface area contributed by atoms with Crippen molar-refractivity contribution in [2.24, 2.45) is 0 Å². The van der Waals surface area contributed by atoms with Gasteiger partial charge >= 0.3 is 0 Å². The fourth-order valence-electron chi connectivity index (χ4n) is 1.97. The first kappa shape index (κ1) is 13.4. The Hall–Kier alpha value is -0.646. The summed E-state index contributed by atoms with van der Waals surface area (Å²) in [6.45, 7) is 17.9. The van der Waals surface area contributed by atoms with E-state index < -0.39 is 16.6 Å². The fourth-order valence-corrected chi connectivity index (χ4v) is 9.83. The van der Waals surface area contributed by atoms with E-state index in [1.165, 1.54) is 12.8 Å². The van der Waals surface area contributed by atoms with E-state index in [4.69, 9.17) is 4.12 Å². The van der Waals surface area contributed by atoms with Gasteiger partial charge < -0.3 is 4.12 Å². The van der Waals surface area contributed by atoms with E-state index in [9.17, 15) is 0 Å². The van der Waals surface area contributed by atoms with E-state index in [0.29, 0.717) is 5.54 Å². The zero-order chi connectivity index (χ0) is 12.2. The molecule has 0 bridgehead atoms. The molecular weight excluding hydrogens is 228 g/mol. The smallest absolute Gasteiger partial charge is 0.232 e. The van der Waals surface area contributed by atoms with Gasteiger partial charge in [0, 0.05) is 0 Å². The molecule has 0 amide bonds. The summed E-state index contributed by atoms with van der Waals surface area (Å²) in [4.78, 5) is 0. The molecule has 1 rings (SSSR count). The molecule has 0 saturated heterocycles. The van der Waals surface area contributed by atoms with Crippen LogP contribution in [0.2, 0.25) is 11.6 Å². The molecule has 0 aromatic heterocycles. The Balaban J connectivity index is 2.96. The molecule has 3 heteroatoms. The second-order valence-corrected chi connectivity index (χ2v) is 11.9. The molecule has 0 aromatic rings. The minimum atomic E-state index is -1.97. The predicted octanol–water partition coefficient (Wildman–Crippen LogP) is 3.98. The van der Waals surface area contributed by atoms with E-state index in [-0.39, 0.29) is 0 Å². The van der Waals surface area contributed by atoms with Gasteiger partial charge in [0.15, 0.2) is 0 Å². The topological polar surface area (TPSA) is 9.23 Å². The molecular formula is C13H22OSi2. The maximum absolute atomic E-state index is 6.50. The Kier molecular flexibility index (Phi) is 4.30. The van der Waals surface area contributed by atoms with E-state index in [1.54, 1.807) is 0 Å². The quantitative estimate of drug-likeness (QED) is 0.592. The van der Waals surface area contributed by atoms with Crippen molar-refractivity contribution in [2.45, 2.75) is 31.4 Å². The zero-order valence-corrected chi connectivity index (χ0v) is 12.2. The molecule has 16 heavy (non-hydrogen) atoms. The van der Waals surface area contributed by atoms with Crippen LogP contribution in [-0.2, 0) is 4.12 Å². The summed E-state index contributed by atoms with van der Waals surface area (Å²) < 4.78 is 6.50. The second-order valence-electron chi connectivity index (χ2n) is 4.35. The lowest BCUT2D eigenvalue weighted by Gasteiger charge is -2.35. The monoisotopic (exact) mass is 250 g/mol. The lowest BCUT2D eigenvalue weighted by atomic mass is 11.0. The highest BCUT2D eigenvalue weighted by Gasteiger charge is 2.48. The Morgan fingerprint density at radius 2 is 1.56 bits per heavy atom. The molecule has 0 N–H and O–H groups in total. The van der Waals surface area contributed by atoms with Gasteiger partial charge in [0.1, 0.15) is 0 Å². The number of hydrogen-bond acceptors (Lipinski definition) is 1. The first-order valence-corrected chi connectivity index (χ1v) is 10.3. The summed E-state index contributed by atoms with van der Waals surface area (Å²) in [5.41, 5.74) is 8.71. The van der Waals surface area contributed by atoms with Crippen LogP contribution in [0.25, 0.3) is 0 Å². The van der Waals surface area contributed by atoms with Crippen LogP contribution < -0.4 is 0 Å². The number of rotatable bonds is 8. The molecule has 0 heterocycles. The van der Waals surface area contributed by atoms with Crippen LogP contribution >= 0.6 is 0 Å². The fraction of sp³-hybridized carbons (Fsp3) is 0.385. The van der Waals surface area contributed by atoms with Crippen LogP contribution in [-0.4, -0.2) is 16.6 Å². The molecule has 1 aliphatic carbocycles. The zero-order valence-electron chi connectivity index (χ0n) is 10.2. The molecule has 0 atom stereocenters. The van der Waals surface area contributed by atoms with Gasteiger partial charge in [-0.1, -0.05) is 42.6 Å². The largest absolute Gasteiger partial charge is 0.443 e. The molecule has 1 aliphatic rings. The summed E-state index contributed by atoms with van der Waals surface area (Å²) >= 11 is 0. The first-order valence-electron chi connectivity index (χ1n) is 5.86. The minimum Gasteiger partial charge on any atom is -0.443 e. The molecule has 0 aliphatic heterocycles. The van der Waals surface area contributed by atoms with Crippen LogP contribution in [0.4, 0.5) is 0 Å². The highest BCUT2D eigenvalue weighted by Crippen LogP contribution is 2.48. The maximum atomic E-state index is 6.50. The van der Waals surface area contributed by atoms with Crippen molar-refractivity contribution < 1.29 is 4.12 Å². The Labute approximate surface area is 101 Å². The molecule has 0 spiro atoms. The number of hydrogen-bond donors (Lipinski definition) is 0. The van der Waals surface area contributed by atoms with Crippen LogP contribution in [0, 0.1) is 0 Å². The van der Waals surface area contributed by atoms with Crippen LogP contribution in [0.5, 0.6) is 0 Å². The average molecular weight is 250 g/mol. The summed E-state index contributed by atoms with van der Waals surface area (Å²) in [5, 5.41) is 0. The minimum absolute atomic E-state index is 0.681. The molecule has 1 fully saturated rings. The van der Waals surface area contributed by atoms with Gasteiger partial charge in [0.05, 0.1) is 0 Å². The van der Waals surface area contributed by atoms with E-state index in [1.807, 2.05) is 22.8 Å². The highest BCUT2D eigenvalue weighted by atomic mass is 28.4. The predicted molar refractivity (Wildman–Crippen MR) is 76.8 cm³/mol. The highest BCUT2D eigenvalue weighted by molar-refractivity contribution is 6.96. The second kappa shape index (κ2) is 5.12. The molecule has 0 radical (unpaired) electrons. The van der Waals surface area contributed by atoms with Gasteiger partial charge in [-0.2, -0.15) is 0 Å². The van der Waals surface area contributed by atoms with Crippen molar-refractivity contribution in [3.05, 3.63) is 49.1 Å². The van der Waals surface area contributed by atoms with Crippen molar-refractivity contribution in [1.82, 2.24) is 0 Å². The molecule has 1 saturated carbocycles. The summed E-state index contributed by atoms with van der Waals surface area (Å²) in [6, 6.07) is 0.989. The third-order valence-electron chi connectivity index (χ3n) is 3.46. The van der Waals surface area contributed by atoms with E-state index >= 15 is 0 Å². The van der Waals surface area contributed by atoms with Crippen molar-refractivity contribution in [3.63, 3.8) is 0 Å². The third kappa shape index (κ3) is 2.37. The first-order chi connectivity index (χ1) is 7.62. The maximum Gasteiger partial charge on any atom is 0.232 e. The molecule has 0 unspecified atom stereocenters. The van der Waals surface area contributed by atoms with E-state index in [0.717, 1.165) is 6.04 Å². The normalized spacial score (nSPS) is 16.6. The summed E-state index contributed by atoms with van der Waals surface area (Å²) in [7, 11) is -3.93. The van der Waals surface area contributed by atoms with Gasteiger partial charge in [-0.05, 0) is 11.6 Å². The molecule has 1 nitrogen and oxygen atoms in total. The van der Waals surface area contributed by atoms with Gasteiger partial charge in [-0.3, -0.25) is 0 Å². The van der Waals surface area contributed by atoms with Gasteiger partial charge in [0.2, 0.25) is 16.6 Å². The van der Waals surface area contributed by atoms with Crippen LogP contribution in [0.3, 0.4) is 0 Å². The Morgan fingerprint density at radius 1 is 1.06 bits per heavy atom. The Morgan fingerprint density at radius 3 is 1.81 bits per heavy atom. The molecule has 0 aromatic carbocycles. The lowest BCUT2D eigenvalue weighted by Crippen LogP contribution is -2.48. The third-order valence-corrected chi connectivity index (χ3v) is 12.0. The lowest BCUT2D eigenvalue weighted by molar-refractivity contribution is 0.562. The summed E-state index contributed by atoms with van der Waals surface area (Å²) in [6.07, 6.45) is 2.51. The van der Waals surface area contributed by atoms with Gasteiger partial charge in [-0.25, -0.2) is 0 Å². The SMILES string of the molecule is C=C[Si](C=C)(CC)O[Si](C=C)(C=C)C1CC1. The van der Waals surface area contributed by atoms with Crippen molar-refractivity contribution in [2.75, 3.05) is 0 Å². The van der Waals surface area contributed by atoms with Crippen molar-refractivity contribution in [3.8, 4) is 0 Å². The van der Waals surface area contributed by atoms with Gasteiger partial charge in [-0.15, -0.1) is 26.3 Å². The Bertz CT molecular complexity index is 289. The summed E-state index contributed by atoms with van der Waals surface area (Å²) in [5.74, 6) is 0. The van der Waals surface area contributed by atoms with E-state index in [2.05, 4.69) is 33.2 Å². The van der Waals surface area contributed by atoms with Gasteiger partial charge in [0.25, 0.3) is 0 Å². The average Bonchev–Trinajstić information content (AvgIpc) is 3.17. The van der Waals surface area contributed by atoms with Crippen molar-refractivity contribution >= 4 is 16.6 Å². The molecule has 88 valence electrons. The van der Waals surface area contributed by atoms with Crippen molar-refractivity contribution in [1.29, 1.82) is 0 Å². The van der Waals surface area contributed by atoms with Crippen LogP contribution in [0.1, 0.15) is 19.8 Å². The standard InChI is InChI=1S/C13H22OSi2/c1-6-15(7-2,8-3)14-16(9-4,10-5)13-11-12-13/h6-7,9-10,13H,1-2,4-5,8,11-12H2,3H3. The van der Waals surface area contributed by atoms with Crippen LogP contribution in [0.15, 0.2) is 49.1 Å².